The maximum Gasteiger partial charge on any atom is 0.269 e. The number of nitrogens with zero attached hydrogens (tertiary/aromatic N) is 2. The van der Waals surface area contributed by atoms with Gasteiger partial charge >= 0.3 is 0 Å². The fourth-order valence-electron chi connectivity index (χ4n) is 2.67. The first-order chi connectivity index (χ1) is 11.4. The fourth-order valence-corrected chi connectivity index (χ4v) is 6.00. The number of sulfonamides is 1. The lowest BCUT2D eigenvalue weighted by Gasteiger charge is -2.23. The molecule has 1 fully saturated rings. The summed E-state index contributed by atoms with van der Waals surface area (Å²) in [4.78, 5) is 10.8. The van der Waals surface area contributed by atoms with Gasteiger partial charge in [-0.15, -0.1) is 11.8 Å². The molecule has 0 saturated carbocycles. The minimum atomic E-state index is -3.65. The van der Waals surface area contributed by atoms with Crippen LogP contribution in [0.4, 0.5) is 5.69 Å². The molecule has 1 atom stereocenters. The summed E-state index contributed by atoms with van der Waals surface area (Å²) in [6.45, 7) is 2.23. The number of hydrogen-bond acceptors (Lipinski definition) is 5. The molecule has 1 aliphatic rings. The number of aryl methyl sites for hydroxylation is 1. The summed E-state index contributed by atoms with van der Waals surface area (Å²) < 4.78 is 27.4. The van der Waals surface area contributed by atoms with E-state index in [1.54, 1.807) is 30.3 Å². The molecule has 0 unspecified atom stereocenters. The van der Waals surface area contributed by atoms with Gasteiger partial charge < -0.3 is 0 Å². The second-order valence-electron chi connectivity index (χ2n) is 5.51. The van der Waals surface area contributed by atoms with Gasteiger partial charge in [0.1, 0.15) is 0 Å². The molecule has 0 aromatic heterocycles. The van der Waals surface area contributed by atoms with Gasteiger partial charge in [0, 0.05) is 24.4 Å². The van der Waals surface area contributed by atoms with E-state index in [-0.39, 0.29) is 10.6 Å². The van der Waals surface area contributed by atoms with Crippen LogP contribution in [0.2, 0.25) is 0 Å². The molecule has 6 nitrogen and oxygen atoms in total. The Morgan fingerprint density at radius 3 is 2.67 bits per heavy atom. The van der Waals surface area contributed by atoms with E-state index in [1.807, 2.05) is 13.0 Å². The predicted molar refractivity (Wildman–Crippen MR) is 93.4 cm³/mol. The van der Waals surface area contributed by atoms with Crippen LogP contribution in [0.1, 0.15) is 16.5 Å². The minimum absolute atomic E-state index is 0.0343. The fraction of sp³-hybridized carbons (Fsp3) is 0.250. The van der Waals surface area contributed by atoms with Gasteiger partial charge in [0.05, 0.1) is 15.2 Å². The molecule has 2 aromatic rings. The van der Waals surface area contributed by atoms with Crippen molar-refractivity contribution in [2.45, 2.75) is 17.2 Å². The van der Waals surface area contributed by atoms with Gasteiger partial charge in [0.15, 0.2) is 0 Å². The molecule has 0 aliphatic carbocycles. The van der Waals surface area contributed by atoms with Crippen molar-refractivity contribution >= 4 is 27.5 Å². The van der Waals surface area contributed by atoms with Crippen molar-refractivity contribution in [2.75, 3.05) is 12.3 Å². The monoisotopic (exact) mass is 364 g/mol. The highest BCUT2D eigenvalue weighted by molar-refractivity contribution is 8.01. The Labute approximate surface area is 144 Å². The lowest BCUT2D eigenvalue weighted by atomic mass is 10.2. The van der Waals surface area contributed by atoms with E-state index in [9.17, 15) is 18.5 Å². The van der Waals surface area contributed by atoms with Crippen molar-refractivity contribution in [3.8, 4) is 0 Å². The highest BCUT2D eigenvalue weighted by Crippen LogP contribution is 2.42. The maximum absolute atomic E-state index is 13.0. The third-order valence-corrected chi connectivity index (χ3v) is 7.07. The molecule has 126 valence electrons. The van der Waals surface area contributed by atoms with Crippen molar-refractivity contribution in [2.24, 2.45) is 0 Å². The average molecular weight is 364 g/mol. The van der Waals surface area contributed by atoms with Crippen LogP contribution >= 0.6 is 11.8 Å². The summed E-state index contributed by atoms with van der Waals surface area (Å²) in [5, 5.41) is 10.5. The highest BCUT2D eigenvalue weighted by Gasteiger charge is 2.37. The van der Waals surface area contributed by atoms with Gasteiger partial charge in [-0.05, 0) is 30.2 Å². The van der Waals surface area contributed by atoms with Crippen LogP contribution in [-0.4, -0.2) is 29.9 Å². The molecule has 0 spiro atoms. The summed E-state index contributed by atoms with van der Waals surface area (Å²) in [6, 6.07) is 12.9. The van der Waals surface area contributed by atoms with E-state index in [1.165, 1.54) is 28.2 Å². The summed E-state index contributed by atoms with van der Waals surface area (Å²) in [5.74, 6) is 0.651. The first kappa shape index (κ1) is 16.9. The standard InChI is InChI=1S/C16H16N2O4S2/c1-12-4-2-7-15(10-12)24(21,22)17-8-9-23-16(17)13-5-3-6-14(11-13)18(19)20/h2-7,10-11,16H,8-9H2,1H3/t16-/m0/s1. The Bertz CT molecular complexity index is 883. The van der Waals surface area contributed by atoms with Gasteiger partial charge in [-0.2, -0.15) is 4.31 Å². The van der Waals surface area contributed by atoms with E-state index >= 15 is 0 Å². The van der Waals surface area contributed by atoms with Crippen molar-refractivity contribution < 1.29 is 13.3 Å². The van der Waals surface area contributed by atoms with E-state index in [4.69, 9.17) is 0 Å². The number of rotatable bonds is 4. The zero-order valence-electron chi connectivity index (χ0n) is 13.0. The molecule has 0 radical (unpaired) electrons. The van der Waals surface area contributed by atoms with E-state index in [0.29, 0.717) is 17.9 Å². The number of benzene rings is 2. The number of thioether (sulfide) groups is 1. The van der Waals surface area contributed by atoms with Crippen molar-refractivity contribution in [1.82, 2.24) is 4.31 Å². The Hall–Kier alpha value is -1.90. The largest absolute Gasteiger partial charge is 0.269 e. The van der Waals surface area contributed by atoms with Crippen LogP contribution < -0.4 is 0 Å². The third kappa shape index (κ3) is 3.17. The molecule has 1 heterocycles. The van der Waals surface area contributed by atoms with Crippen molar-refractivity contribution in [1.29, 1.82) is 0 Å². The van der Waals surface area contributed by atoms with E-state index in [2.05, 4.69) is 0 Å². The summed E-state index contributed by atoms with van der Waals surface area (Å²) in [6.07, 6.45) is 0. The Morgan fingerprint density at radius 2 is 1.96 bits per heavy atom. The average Bonchev–Trinajstić information content (AvgIpc) is 3.05. The highest BCUT2D eigenvalue weighted by atomic mass is 32.2. The zero-order valence-corrected chi connectivity index (χ0v) is 14.6. The molecule has 2 aromatic carbocycles. The van der Waals surface area contributed by atoms with Crippen LogP contribution in [0.5, 0.6) is 0 Å². The second kappa shape index (κ2) is 6.54. The van der Waals surface area contributed by atoms with Crippen LogP contribution in [-0.2, 0) is 10.0 Å². The van der Waals surface area contributed by atoms with E-state index < -0.39 is 20.3 Å². The lowest BCUT2D eigenvalue weighted by Crippen LogP contribution is -2.30. The summed E-state index contributed by atoms with van der Waals surface area (Å²) in [5.41, 5.74) is 1.46. The first-order valence-corrected chi connectivity index (χ1v) is 9.83. The van der Waals surface area contributed by atoms with Crippen LogP contribution in [0.15, 0.2) is 53.4 Å². The predicted octanol–water partition coefficient (Wildman–Crippen LogP) is 3.34. The second-order valence-corrected chi connectivity index (χ2v) is 8.59. The maximum atomic E-state index is 13.0. The van der Waals surface area contributed by atoms with Crippen LogP contribution in [0.3, 0.4) is 0 Å². The molecular weight excluding hydrogens is 348 g/mol. The summed E-state index contributed by atoms with van der Waals surface area (Å²) >= 11 is 1.47. The SMILES string of the molecule is Cc1cccc(S(=O)(=O)N2CCS[C@H]2c2cccc([N+](=O)[O-])c2)c1. The Balaban J connectivity index is 1.99. The molecule has 0 amide bonds. The molecule has 24 heavy (non-hydrogen) atoms. The molecule has 1 aliphatic heterocycles. The Morgan fingerprint density at radius 1 is 1.21 bits per heavy atom. The van der Waals surface area contributed by atoms with Gasteiger partial charge in [-0.25, -0.2) is 8.42 Å². The molecule has 0 bridgehead atoms. The van der Waals surface area contributed by atoms with Crippen molar-refractivity contribution in [3.05, 3.63) is 69.8 Å². The number of hydrogen-bond donors (Lipinski definition) is 0. The quantitative estimate of drug-likeness (QED) is 0.614. The third-order valence-electron chi connectivity index (χ3n) is 3.81. The lowest BCUT2D eigenvalue weighted by molar-refractivity contribution is -0.384. The number of nitro benzene ring substituents is 1. The van der Waals surface area contributed by atoms with Gasteiger partial charge in [0.2, 0.25) is 10.0 Å². The van der Waals surface area contributed by atoms with Crippen LogP contribution in [0.25, 0.3) is 0 Å². The molecule has 0 N–H and O–H groups in total. The van der Waals surface area contributed by atoms with Crippen LogP contribution in [0, 0.1) is 17.0 Å². The molecule has 8 heteroatoms. The molecular formula is C16H16N2O4S2. The smallest absolute Gasteiger partial charge is 0.258 e. The molecule has 3 rings (SSSR count). The zero-order chi connectivity index (χ0) is 17.3. The minimum Gasteiger partial charge on any atom is -0.258 e. The van der Waals surface area contributed by atoms with Crippen molar-refractivity contribution in [3.63, 3.8) is 0 Å². The van der Waals surface area contributed by atoms with E-state index in [0.717, 1.165) is 5.56 Å². The topological polar surface area (TPSA) is 80.5 Å². The number of nitro groups is 1. The Kier molecular flexibility index (Phi) is 4.62. The number of non-ortho nitro benzene ring substituents is 1. The first-order valence-electron chi connectivity index (χ1n) is 7.34. The molecule has 1 saturated heterocycles. The van der Waals surface area contributed by atoms with Gasteiger partial charge in [0.25, 0.3) is 5.69 Å². The normalized spacial score (nSPS) is 18.6. The van der Waals surface area contributed by atoms with Gasteiger partial charge in [-0.1, -0.05) is 24.3 Å². The van der Waals surface area contributed by atoms with Gasteiger partial charge in [-0.3, -0.25) is 10.1 Å². The summed E-state index contributed by atoms with van der Waals surface area (Å²) in [7, 11) is -3.65.